The first kappa shape index (κ1) is 8.57. The van der Waals surface area contributed by atoms with E-state index >= 15 is 0 Å². The van der Waals surface area contributed by atoms with E-state index in [9.17, 15) is 13.6 Å². The summed E-state index contributed by atoms with van der Waals surface area (Å²) >= 11 is 0. The number of nitrogens with zero attached hydrogens (tertiary/aromatic N) is 3. The summed E-state index contributed by atoms with van der Waals surface area (Å²) in [5, 5.41) is 14.3. The van der Waals surface area contributed by atoms with Crippen molar-refractivity contribution in [1.82, 2.24) is 15.0 Å². The average molecular weight is 177 g/mol. The molecule has 0 aromatic carbocycles. The molecule has 0 aliphatic heterocycles. The molecule has 0 fully saturated rings. The monoisotopic (exact) mass is 177 g/mol. The van der Waals surface area contributed by atoms with Gasteiger partial charge in [0.2, 0.25) is 0 Å². The number of aliphatic carboxylic acids is 1. The summed E-state index contributed by atoms with van der Waals surface area (Å²) in [5.41, 5.74) is -0.863. The maximum absolute atomic E-state index is 12.6. The Bertz CT molecular complexity index is 309. The number of rotatable bonds is 2. The predicted molar refractivity (Wildman–Crippen MR) is 32.5 cm³/mol. The molecule has 0 aliphatic carbocycles. The van der Waals surface area contributed by atoms with E-state index in [0.717, 1.165) is 10.9 Å². The van der Waals surface area contributed by atoms with E-state index in [1.165, 1.54) is 7.05 Å². The summed E-state index contributed by atoms with van der Waals surface area (Å²) < 4.78 is 26.2. The minimum absolute atomic E-state index is 0.855. The molecule has 7 heteroatoms. The third kappa shape index (κ3) is 1.25. The molecule has 0 saturated carbocycles. The van der Waals surface area contributed by atoms with Gasteiger partial charge >= 0.3 is 11.9 Å². The van der Waals surface area contributed by atoms with Crippen LogP contribution in [0.4, 0.5) is 8.78 Å². The summed E-state index contributed by atoms with van der Waals surface area (Å²) in [7, 11) is 1.37. The molecule has 1 heterocycles. The standard InChI is InChI=1S/C5H5F2N3O2/c1-10-2-3(8-9-10)5(6,7)4(11)12/h2H,1H3,(H,11,12). The molecule has 1 N–H and O–H groups in total. The molecule has 12 heavy (non-hydrogen) atoms. The lowest BCUT2D eigenvalue weighted by Gasteiger charge is -2.04. The topological polar surface area (TPSA) is 68.0 Å². The van der Waals surface area contributed by atoms with Gasteiger partial charge in [-0.05, 0) is 0 Å². The number of carboxylic acid groups (broad SMARTS) is 1. The number of aryl methyl sites for hydroxylation is 1. The smallest absolute Gasteiger partial charge is 0.387 e. The molecule has 0 amide bonds. The van der Waals surface area contributed by atoms with Crippen LogP contribution in [-0.4, -0.2) is 26.1 Å². The first-order chi connectivity index (χ1) is 5.44. The Morgan fingerprint density at radius 1 is 1.75 bits per heavy atom. The SMILES string of the molecule is Cn1cc(C(F)(F)C(=O)O)nn1. The highest BCUT2D eigenvalue weighted by Crippen LogP contribution is 2.25. The quantitative estimate of drug-likeness (QED) is 0.689. The predicted octanol–water partition coefficient (Wildman–Crippen LogP) is -0.00850. The van der Waals surface area contributed by atoms with Gasteiger partial charge in [0.1, 0.15) is 0 Å². The fourth-order valence-electron chi connectivity index (χ4n) is 0.601. The maximum Gasteiger partial charge on any atom is 0.387 e. The van der Waals surface area contributed by atoms with Gasteiger partial charge in [0, 0.05) is 7.05 Å². The molecule has 0 spiro atoms. The van der Waals surface area contributed by atoms with Crippen molar-refractivity contribution in [3.8, 4) is 0 Å². The van der Waals surface area contributed by atoms with Crippen LogP contribution in [0.25, 0.3) is 0 Å². The summed E-state index contributed by atoms with van der Waals surface area (Å²) in [6.45, 7) is 0. The second kappa shape index (κ2) is 2.50. The minimum Gasteiger partial charge on any atom is -0.476 e. The highest BCUT2D eigenvalue weighted by Gasteiger charge is 2.43. The van der Waals surface area contributed by atoms with Crippen LogP contribution in [0.2, 0.25) is 0 Å². The molecular weight excluding hydrogens is 172 g/mol. The van der Waals surface area contributed by atoms with Gasteiger partial charge in [-0.2, -0.15) is 8.78 Å². The van der Waals surface area contributed by atoms with Gasteiger partial charge in [-0.3, -0.25) is 4.68 Å². The zero-order valence-corrected chi connectivity index (χ0v) is 6.03. The first-order valence-corrected chi connectivity index (χ1v) is 2.92. The second-order valence-corrected chi connectivity index (χ2v) is 2.16. The van der Waals surface area contributed by atoms with Gasteiger partial charge in [-0.25, -0.2) is 4.79 Å². The number of carbonyl (C=O) groups is 1. The van der Waals surface area contributed by atoms with Crippen molar-refractivity contribution >= 4 is 5.97 Å². The molecule has 0 saturated heterocycles. The largest absolute Gasteiger partial charge is 0.476 e. The van der Waals surface area contributed by atoms with Gasteiger partial charge in [-0.15, -0.1) is 5.10 Å². The van der Waals surface area contributed by atoms with Crippen LogP contribution in [0.1, 0.15) is 5.69 Å². The van der Waals surface area contributed by atoms with E-state index in [1.807, 2.05) is 0 Å². The zero-order valence-electron chi connectivity index (χ0n) is 6.03. The molecular formula is C5H5F2N3O2. The van der Waals surface area contributed by atoms with Crippen molar-refractivity contribution in [2.75, 3.05) is 0 Å². The second-order valence-electron chi connectivity index (χ2n) is 2.16. The van der Waals surface area contributed by atoms with Crippen LogP contribution in [-0.2, 0) is 17.8 Å². The average Bonchev–Trinajstić information content (AvgIpc) is 2.35. The van der Waals surface area contributed by atoms with Gasteiger partial charge in [0.25, 0.3) is 0 Å². The van der Waals surface area contributed by atoms with E-state index < -0.39 is 17.6 Å². The maximum atomic E-state index is 12.6. The van der Waals surface area contributed by atoms with Gasteiger partial charge in [0.05, 0.1) is 6.20 Å². The van der Waals surface area contributed by atoms with Crippen molar-refractivity contribution in [2.45, 2.75) is 5.92 Å². The molecule has 1 aromatic rings. The summed E-state index contributed by atoms with van der Waals surface area (Å²) in [4.78, 5) is 10.0. The third-order valence-corrected chi connectivity index (χ3v) is 1.19. The minimum atomic E-state index is -3.96. The number of carboxylic acids is 1. The molecule has 1 aromatic heterocycles. The van der Waals surface area contributed by atoms with Crippen LogP contribution in [0, 0.1) is 0 Å². The van der Waals surface area contributed by atoms with E-state index in [-0.39, 0.29) is 0 Å². The lowest BCUT2D eigenvalue weighted by Crippen LogP contribution is -2.25. The van der Waals surface area contributed by atoms with Crippen LogP contribution in [0.5, 0.6) is 0 Å². The number of hydrogen-bond donors (Lipinski definition) is 1. The highest BCUT2D eigenvalue weighted by molar-refractivity contribution is 5.76. The molecule has 0 aliphatic rings. The zero-order chi connectivity index (χ0) is 9.35. The number of hydrogen-bond acceptors (Lipinski definition) is 3. The highest BCUT2D eigenvalue weighted by atomic mass is 19.3. The van der Waals surface area contributed by atoms with Crippen LogP contribution < -0.4 is 0 Å². The van der Waals surface area contributed by atoms with Crippen molar-refractivity contribution in [3.63, 3.8) is 0 Å². The number of halogens is 2. The lowest BCUT2D eigenvalue weighted by atomic mass is 10.3. The normalized spacial score (nSPS) is 11.6. The first-order valence-electron chi connectivity index (χ1n) is 2.92. The Labute approximate surface area is 65.6 Å². The van der Waals surface area contributed by atoms with Crippen molar-refractivity contribution in [2.24, 2.45) is 7.05 Å². The Balaban J connectivity index is 3.05. The van der Waals surface area contributed by atoms with E-state index in [2.05, 4.69) is 10.3 Å². The summed E-state index contributed by atoms with van der Waals surface area (Å²) in [6, 6.07) is 0. The van der Waals surface area contributed by atoms with Crippen molar-refractivity contribution in [1.29, 1.82) is 0 Å². The molecule has 0 atom stereocenters. The number of alkyl halides is 2. The Morgan fingerprint density at radius 3 is 2.67 bits per heavy atom. The van der Waals surface area contributed by atoms with Crippen molar-refractivity contribution < 1.29 is 18.7 Å². The fraction of sp³-hybridized carbons (Fsp3) is 0.400. The number of aromatic nitrogens is 3. The molecule has 0 bridgehead atoms. The Morgan fingerprint density at radius 2 is 2.33 bits per heavy atom. The van der Waals surface area contributed by atoms with Gasteiger partial charge in [0.15, 0.2) is 5.69 Å². The molecule has 0 unspecified atom stereocenters. The Kier molecular flexibility index (Phi) is 1.79. The van der Waals surface area contributed by atoms with Crippen LogP contribution in [0.15, 0.2) is 6.20 Å². The molecule has 1 rings (SSSR count). The Hall–Kier alpha value is -1.53. The molecule has 0 radical (unpaired) electrons. The summed E-state index contributed by atoms with van der Waals surface area (Å²) in [6.07, 6.45) is 0.855. The van der Waals surface area contributed by atoms with Crippen LogP contribution in [0.3, 0.4) is 0 Å². The van der Waals surface area contributed by atoms with Crippen LogP contribution >= 0.6 is 0 Å². The summed E-state index contributed by atoms with van der Waals surface area (Å²) in [5.74, 6) is -6.20. The van der Waals surface area contributed by atoms with Crippen molar-refractivity contribution in [3.05, 3.63) is 11.9 Å². The van der Waals surface area contributed by atoms with E-state index in [0.29, 0.717) is 0 Å². The fourth-order valence-corrected chi connectivity index (χ4v) is 0.601. The van der Waals surface area contributed by atoms with E-state index in [4.69, 9.17) is 5.11 Å². The lowest BCUT2D eigenvalue weighted by molar-refractivity contribution is -0.166. The van der Waals surface area contributed by atoms with E-state index in [1.54, 1.807) is 0 Å². The molecule has 5 nitrogen and oxygen atoms in total. The van der Waals surface area contributed by atoms with Gasteiger partial charge in [-0.1, -0.05) is 5.21 Å². The third-order valence-electron chi connectivity index (χ3n) is 1.19. The van der Waals surface area contributed by atoms with Gasteiger partial charge < -0.3 is 5.11 Å². The molecule has 66 valence electrons.